The molecular weight excluding hydrogens is 369 g/mol. The number of carbonyl (C=O) groups is 2. The first-order valence-corrected chi connectivity index (χ1v) is 9.37. The molecule has 0 heterocycles. The third-order valence-corrected chi connectivity index (χ3v) is 4.76. The van der Waals surface area contributed by atoms with Gasteiger partial charge in [0.2, 0.25) is 0 Å². The van der Waals surface area contributed by atoms with E-state index in [0.717, 1.165) is 16.2 Å². The highest BCUT2D eigenvalue weighted by atomic mass is 32.2. The van der Waals surface area contributed by atoms with E-state index < -0.39 is 5.97 Å². The molecule has 5 nitrogen and oxygen atoms in total. The SMILES string of the molecule is COc1ccc(CN(C)C(=O)COC(=O)CCSc2ccc(F)cc2)cc1. The number of hydrogen-bond donors (Lipinski definition) is 0. The number of halogens is 1. The molecule has 0 aliphatic rings. The van der Waals surface area contributed by atoms with Crippen molar-refractivity contribution in [3.05, 3.63) is 59.9 Å². The summed E-state index contributed by atoms with van der Waals surface area (Å²) in [6.45, 7) is 0.132. The Kier molecular flexibility index (Phi) is 8.13. The van der Waals surface area contributed by atoms with Crippen LogP contribution in [0.3, 0.4) is 0 Å². The van der Waals surface area contributed by atoms with Crippen LogP contribution in [0.5, 0.6) is 5.75 Å². The number of ether oxygens (including phenoxy) is 2. The predicted molar refractivity (Wildman–Crippen MR) is 102 cm³/mol. The molecule has 0 radical (unpaired) electrons. The molecule has 1 amide bonds. The Labute approximate surface area is 162 Å². The van der Waals surface area contributed by atoms with Gasteiger partial charge in [0.05, 0.1) is 13.5 Å². The van der Waals surface area contributed by atoms with Crippen LogP contribution < -0.4 is 4.74 Å². The normalized spacial score (nSPS) is 10.3. The summed E-state index contributed by atoms with van der Waals surface area (Å²) in [5.41, 5.74) is 0.952. The van der Waals surface area contributed by atoms with E-state index in [1.807, 2.05) is 24.3 Å². The number of benzene rings is 2. The van der Waals surface area contributed by atoms with Gasteiger partial charge in [-0.2, -0.15) is 0 Å². The predicted octanol–water partition coefficient (Wildman–Crippen LogP) is 3.52. The van der Waals surface area contributed by atoms with Gasteiger partial charge in [-0.3, -0.25) is 9.59 Å². The number of esters is 1. The van der Waals surface area contributed by atoms with E-state index in [1.54, 1.807) is 26.3 Å². The van der Waals surface area contributed by atoms with E-state index in [2.05, 4.69) is 0 Å². The second-order valence-corrected chi connectivity index (χ2v) is 6.98. The van der Waals surface area contributed by atoms with E-state index in [9.17, 15) is 14.0 Å². The minimum Gasteiger partial charge on any atom is -0.497 e. The van der Waals surface area contributed by atoms with E-state index in [-0.39, 0.29) is 24.8 Å². The molecule has 7 heteroatoms. The third kappa shape index (κ3) is 7.30. The van der Waals surface area contributed by atoms with Gasteiger partial charge in [-0.25, -0.2) is 4.39 Å². The first kappa shape index (κ1) is 20.8. The van der Waals surface area contributed by atoms with Gasteiger partial charge in [0.1, 0.15) is 11.6 Å². The monoisotopic (exact) mass is 391 g/mol. The van der Waals surface area contributed by atoms with Crippen molar-refractivity contribution in [2.75, 3.05) is 26.5 Å². The van der Waals surface area contributed by atoms with Gasteiger partial charge in [-0.15, -0.1) is 11.8 Å². The van der Waals surface area contributed by atoms with Gasteiger partial charge in [0, 0.05) is 24.2 Å². The molecule has 0 unspecified atom stereocenters. The first-order valence-electron chi connectivity index (χ1n) is 8.39. The largest absolute Gasteiger partial charge is 0.497 e. The molecule has 2 aromatic carbocycles. The van der Waals surface area contributed by atoms with Gasteiger partial charge >= 0.3 is 5.97 Å². The fourth-order valence-corrected chi connectivity index (χ4v) is 3.03. The molecule has 0 atom stereocenters. The highest BCUT2D eigenvalue weighted by molar-refractivity contribution is 7.99. The fourth-order valence-electron chi connectivity index (χ4n) is 2.20. The first-order chi connectivity index (χ1) is 13.0. The minimum atomic E-state index is -0.434. The van der Waals surface area contributed by atoms with Crippen LogP contribution in [-0.4, -0.2) is 43.3 Å². The highest BCUT2D eigenvalue weighted by Crippen LogP contribution is 2.19. The van der Waals surface area contributed by atoms with E-state index in [0.29, 0.717) is 12.3 Å². The van der Waals surface area contributed by atoms with Gasteiger partial charge in [-0.1, -0.05) is 12.1 Å². The fraction of sp³-hybridized carbons (Fsp3) is 0.300. The number of rotatable bonds is 9. The summed E-state index contributed by atoms with van der Waals surface area (Å²) in [4.78, 5) is 26.2. The number of thioether (sulfide) groups is 1. The van der Waals surface area contributed by atoms with Crippen molar-refractivity contribution in [1.29, 1.82) is 0 Å². The van der Waals surface area contributed by atoms with Crippen molar-refractivity contribution >= 4 is 23.6 Å². The van der Waals surface area contributed by atoms with E-state index in [1.165, 1.54) is 28.8 Å². The summed E-state index contributed by atoms with van der Waals surface area (Å²) in [7, 11) is 3.25. The van der Waals surface area contributed by atoms with Crippen molar-refractivity contribution < 1.29 is 23.5 Å². The van der Waals surface area contributed by atoms with Crippen LogP contribution in [0.1, 0.15) is 12.0 Å². The molecule has 0 bridgehead atoms. The summed E-state index contributed by atoms with van der Waals surface area (Å²) < 4.78 is 23.0. The second kappa shape index (κ2) is 10.6. The summed E-state index contributed by atoms with van der Waals surface area (Å²) in [6.07, 6.45) is 0.178. The lowest BCUT2D eigenvalue weighted by Crippen LogP contribution is -2.30. The van der Waals surface area contributed by atoms with Crippen LogP contribution in [-0.2, 0) is 20.9 Å². The van der Waals surface area contributed by atoms with Crippen LogP contribution in [0.15, 0.2) is 53.4 Å². The molecule has 2 rings (SSSR count). The number of carbonyl (C=O) groups excluding carboxylic acids is 2. The van der Waals surface area contributed by atoms with Crippen LogP contribution in [0.2, 0.25) is 0 Å². The lowest BCUT2D eigenvalue weighted by Gasteiger charge is -2.17. The molecule has 0 saturated heterocycles. The molecule has 0 aliphatic carbocycles. The van der Waals surface area contributed by atoms with Gasteiger partial charge in [0.15, 0.2) is 6.61 Å². The quantitative estimate of drug-likeness (QED) is 0.484. The summed E-state index contributed by atoms with van der Waals surface area (Å²) in [5, 5.41) is 0. The van der Waals surface area contributed by atoms with Gasteiger partial charge in [-0.05, 0) is 42.0 Å². The molecule has 144 valence electrons. The van der Waals surface area contributed by atoms with Crippen LogP contribution >= 0.6 is 11.8 Å². The number of hydrogen-bond acceptors (Lipinski definition) is 5. The lowest BCUT2D eigenvalue weighted by atomic mass is 10.2. The number of amides is 1. The van der Waals surface area contributed by atoms with Crippen LogP contribution in [0.25, 0.3) is 0 Å². The molecule has 0 fully saturated rings. The average Bonchev–Trinajstić information content (AvgIpc) is 2.68. The van der Waals surface area contributed by atoms with Crippen molar-refractivity contribution in [3.63, 3.8) is 0 Å². The minimum absolute atomic E-state index is 0.178. The van der Waals surface area contributed by atoms with Crippen molar-refractivity contribution in [2.45, 2.75) is 17.9 Å². The maximum atomic E-state index is 12.8. The maximum Gasteiger partial charge on any atom is 0.307 e. The lowest BCUT2D eigenvalue weighted by molar-refractivity contribution is -0.151. The molecule has 0 N–H and O–H groups in total. The van der Waals surface area contributed by atoms with Crippen molar-refractivity contribution in [3.8, 4) is 5.75 Å². The van der Waals surface area contributed by atoms with E-state index in [4.69, 9.17) is 9.47 Å². The third-order valence-electron chi connectivity index (χ3n) is 3.75. The zero-order valence-corrected chi connectivity index (χ0v) is 16.1. The molecule has 27 heavy (non-hydrogen) atoms. The Bertz CT molecular complexity index is 750. The number of methoxy groups -OCH3 is 1. The highest BCUT2D eigenvalue weighted by Gasteiger charge is 2.12. The summed E-state index contributed by atoms with van der Waals surface area (Å²) >= 11 is 1.43. The summed E-state index contributed by atoms with van der Waals surface area (Å²) in [5.74, 6) is 0.248. The Morgan fingerprint density at radius 1 is 1.07 bits per heavy atom. The maximum absolute atomic E-state index is 12.8. The Balaban J connectivity index is 1.67. The second-order valence-electron chi connectivity index (χ2n) is 5.81. The smallest absolute Gasteiger partial charge is 0.307 e. The molecule has 0 aliphatic heterocycles. The Morgan fingerprint density at radius 2 is 1.74 bits per heavy atom. The summed E-state index contributed by atoms with van der Waals surface area (Å²) in [6, 6.07) is 13.5. The molecular formula is C20H22FNO4S. The topological polar surface area (TPSA) is 55.8 Å². The zero-order valence-electron chi connectivity index (χ0n) is 15.3. The molecule has 0 spiro atoms. The van der Waals surface area contributed by atoms with Crippen LogP contribution in [0, 0.1) is 5.82 Å². The molecule has 0 saturated carbocycles. The van der Waals surface area contributed by atoms with Crippen LogP contribution in [0.4, 0.5) is 4.39 Å². The van der Waals surface area contributed by atoms with E-state index >= 15 is 0 Å². The molecule has 2 aromatic rings. The Hall–Kier alpha value is -2.54. The average molecular weight is 391 g/mol. The van der Waals surface area contributed by atoms with Crippen molar-refractivity contribution in [2.24, 2.45) is 0 Å². The van der Waals surface area contributed by atoms with Gasteiger partial charge < -0.3 is 14.4 Å². The molecule has 0 aromatic heterocycles. The number of nitrogens with zero attached hydrogens (tertiary/aromatic N) is 1. The van der Waals surface area contributed by atoms with Gasteiger partial charge in [0.25, 0.3) is 5.91 Å². The number of likely N-dealkylation sites (N-methyl/N-ethyl adjacent to an activating group) is 1. The van der Waals surface area contributed by atoms with Crippen molar-refractivity contribution in [1.82, 2.24) is 4.90 Å². The Morgan fingerprint density at radius 3 is 2.37 bits per heavy atom. The zero-order chi connectivity index (χ0) is 19.6. The standard InChI is InChI=1S/C20H22FNO4S/c1-22(13-15-3-7-17(25-2)8-4-15)19(23)14-26-20(24)11-12-27-18-9-5-16(21)6-10-18/h3-10H,11-14H2,1-2H3.